The molecule has 1 fully saturated rings. The van der Waals surface area contributed by atoms with Crippen LogP contribution in [0.25, 0.3) is 11.4 Å². The minimum absolute atomic E-state index is 0.334. The first-order chi connectivity index (χ1) is 13.6. The van der Waals surface area contributed by atoms with Crippen LogP contribution in [0.3, 0.4) is 0 Å². The van der Waals surface area contributed by atoms with Crippen LogP contribution in [0, 0.1) is 0 Å². The van der Waals surface area contributed by atoms with Crippen molar-refractivity contribution in [3.05, 3.63) is 60.0 Å². The molecule has 4 rings (SSSR count). The van der Waals surface area contributed by atoms with Gasteiger partial charge in [0.05, 0.1) is 12.2 Å². The van der Waals surface area contributed by atoms with Crippen LogP contribution in [0.2, 0.25) is 0 Å². The molecular formula is C22H26N4O2. The molecule has 0 radical (unpaired) electrons. The van der Waals surface area contributed by atoms with Gasteiger partial charge in [0, 0.05) is 31.7 Å². The number of anilines is 1. The summed E-state index contributed by atoms with van der Waals surface area (Å²) in [5.41, 5.74) is 3.17. The fourth-order valence-electron chi connectivity index (χ4n) is 3.52. The zero-order valence-corrected chi connectivity index (χ0v) is 16.4. The first-order valence-electron chi connectivity index (χ1n) is 9.78. The van der Waals surface area contributed by atoms with Gasteiger partial charge in [-0.3, -0.25) is 4.90 Å². The summed E-state index contributed by atoms with van der Waals surface area (Å²) in [7, 11) is 0. The Morgan fingerprint density at radius 2 is 1.71 bits per heavy atom. The summed E-state index contributed by atoms with van der Waals surface area (Å²) in [6.45, 7) is 8.49. The van der Waals surface area contributed by atoms with Crippen LogP contribution in [0.5, 0.6) is 5.75 Å². The van der Waals surface area contributed by atoms with E-state index in [-0.39, 0.29) is 0 Å². The van der Waals surface area contributed by atoms with E-state index in [0.717, 1.165) is 37.4 Å². The van der Waals surface area contributed by atoms with Gasteiger partial charge in [-0.1, -0.05) is 55.4 Å². The number of benzene rings is 2. The molecule has 2 heterocycles. The highest BCUT2D eigenvalue weighted by molar-refractivity contribution is 5.58. The smallest absolute Gasteiger partial charge is 0.241 e. The lowest BCUT2D eigenvalue weighted by atomic mass is 10.0. The van der Waals surface area contributed by atoms with Gasteiger partial charge in [-0.25, -0.2) is 0 Å². The van der Waals surface area contributed by atoms with E-state index in [0.29, 0.717) is 29.9 Å². The summed E-state index contributed by atoms with van der Waals surface area (Å²) >= 11 is 0. The Hall–Kier alpha value is -2.86. The van der Waals surface area contributed by atoms with Crippen molar-refractivity contribution in [1.29, 1.82) is 0 Å². The van der Waals surface area contributed by atoms with E-state index in [9.17, 15) is 5.11 Å². The summed E-state index contributed by atoms with van der Waals surface area (Å²) in [4.78, 5) is 9.08. The van der Waals surface area contributed by atoms with E-state index in [1.165, 1.54) is 5.56 Å². The number of nitrogens with zero attached hydrogens (tertiary/aromatic N) is 4. The monoisotopic (exact) mass is 378 g/mol. The van der Waals surface area contributed by atoms with Crippen LogP contribution < -0.4 is 4.90 Å². The molecule has 0 saturated carbocycles. The molecule has 1 aliphatic heterocycles. The third kappa shape index (κ3) is 4.02. The molecular weight excluding hydrogens is 352 g/mol. The highest BCUT2D eigenvalue weighted by Gasteiger charge is 2.21. The number of piperazine rings is 1. The summed E-state index contributed by atoms with van der Waals surface area (Å²) in [5, 5.41) is 14.2. The maximum Gasteiger partial charge on any atom is 0.241 e. The molecule has 0 aliphatic carbocycles. The molecule has 3 aromatic rings. The predicted octanol–water partition coefficient (Wildman–Crippen LogP) is 3.89. The van der Waals surface area contributed by atoms with Crippen molar-refractivity contribution < 1.29 is 9.63 Å². The standard InChI is InChI=1S/C22H26N4O2/c1-16(2)17-7-9-18(10-8-17)22-23-21(28-24-22)15-25-11-13-26(14-12-25)19-5-3-4-6-20(19)27/h3-10,16,27H,11-15H2,1-2H3. The number of para-hydroxylation sites is 2. The minimum Gasteiger partial charge on any atom is -0.506 e. The zero-order valence-electron chi connectivity index (χ0n) is 16.4. The Morgan fingerprint density at radius 3 is 2.39 bits per heavy atom. The molecule has 0 amide bonds. The Bertz CT molecular complexity index is 912. The van der Waals surface area contributed by atoms with E-state index < -0.39 is 0 Å². The quantitative estimate of drug-likeness (QED) is 0.727. The van der Waals surface area contributed by atoms with Crippen LogP contribution in [-0.4, -0.2) is 46.3 Å². The highest BCUT2D eigenvalue weighted by atomic mass is 16.5. The van der Waals surface area contributed by atoms with Gasteiger partial charge >= 0.3 is 0 Å². The number of rotatable bonds is 5. The van der Waals surface area contributed by atoms with Gasteiger partial charge in [0.15, 0.2) is 0 Å². The zero-order chi connectivity index (χ0) is 19.5. The van der Waals surface area contributed by atoms with Crippen LogP contribution in [0.4, 0.5) is 5.69 Å². The van der Waals surface area contributed by atoms with Crippen molar-refractivity contribution in [1.82, 2.24) is 15.0 Å². The van der Waals surface area contributed by atoms with E-state index in [2.05, 4.69) is 58.1 Å². The van der Waals surface area contributed by atoms with Crippen LogP contribution in [-0.2, 0) is 6.54 Å². The van der Waals surface area contributed by atoms with E-state index >= 15 is 0 Å². The number of hydrogen-bond donors (Lipinski definition) is 1. The fourth-order valence-corrected chi connectivity index (χ4v) is 3.52. The first kappa shape index (κ1) is 18.5. The molecule has 1 aromatic heterocycles. The van der Waals surface area contributed by atoms with Crippen molar-refractivity contribution in [2.45, 2.75) is 26.3 Å². The Balaban J connectivity index is 1.35. The van der Waals surface area contributed by atoms with Crippen LogP contribution in [0.15, 0.2) is 53.1 Å². The molecule has 2 aromatic carbocycles. The van der Waals surface area contributed by atoms with Crippen molar-refractivity contribution in [2.24, 2.45) is 0 Å². The van der Waals surface area contributed by atoms with Gasteiger partial charge in [0.25, 0.3) is 0 Å². The maximum atomic E-state index is 10.0. The van der Waals surface area contributed by atoms with Gasteiger partial charge in [0.2, 0.25) is 11.7 Å². The number of phenolic OH excluding ortho intramolecular Hbond substituents is 1. The largest absolute Gasteiger partial charge is 0.506 e. The third-order valence-corrected chi connectivity index (χ3v) is 5.26. The summed E-state index contributed by atoms with van der Waals surface area (Å²) in [5.74, 6) is 2.12. The van der Waals surface area contributed by atoms with Crippen LogP contribution in [0.1, 0.15) is 31.2 Å². The van der Waals surface area contributed by atoms with Gasteiger partial charge < -0.3 is 14.5 Å². The van der Waals surface area contributed by atoms with Gasteiger partial charge in [-0.15, -0.1) is 0 Å². The molecule has 0 unspecified atom stereocenters. The van der Waals surface area contributed by atoms with Gasteiger partial charge in [0.1, 0.15) is 5.75 Å². The van der Waals surface area contributed by atoms with Crippen molar-refractivity contribution >= 4 is 5.69 Å². The predicted molar refractivity (Wildman–Crippen MR) is 109 cm³/mol. The van der Waals surface area contributed by atoms with Crippen molar-refractivity contribution in [3.63, 3.8) is 0 Å². The van der Waals surface area contributed by atoms with E-state index in [4.69, 9.17) is 4.52 Å². The molecule has 146 valence electrons. The van der Waals surface area contributed by atoms with E-state index in [1.807, 2.05) is 18.2 Å². The Morgan fingerprint density at radius 1 is 1.00 bits per heavy atom. The molecule has 6 heteroatoms. The van der Waals surface area contributed by atoms with Crippen molar-refractivity contribution in [2.75, 3.05) is 31.1 Å². The molecule has 0 spiro atoms. The molecule has 1 N–H and O–H groups in total. The molecule has 28 heavy (non-hydrogen) atoms. The number of phenols is 1. The topological polar surface area (TPSA) is 65.6 Å². The summed E-state index contributed by atoms with van der Waals surface area (Å²) in [6.07, 6.45) is 0. The molecule has 0 atom stereocenters. The average Bonchev–Trinajstić information content (AvgIpc) is 3.18. The number of hydrogen-bond acceptors (Lipinski definition) is 6. The lowest BCUT2D eigenvalue weighted by molar-refractivity contribution is 0.215. The Kier molecular flexibility index (Phi) is 5.30. The highest BCUT2D eigenvalue weighted by Crippen LogP contribution is 2.27. The minimum atomic E-state index is 0.334. The third-order valence-electron chi connectivity index (χ3n) is 5.26. The Labute approximate surface area is 165 Å². The van der Waals surface area contributed by atoms with Crippen molar-refractivity contribution in [3.8, 4) is 17.1 Å². The second-order valence-corrected chi connectivity index (χ2v) is 7.54. The van der Waals surface area contributed by atoms with Gasteiger partial charge in [-0.05, 0) is 23.6 Å². The van der Waals surface area contributed by atoms with Gasteiger partial charge in [-0.2, -0.15) is 4.98 Å². The molecule has 1 aliphatic rings. The van der Waals surface area contributed by atoms with E-state index in [1.54, 1.807) is 6.07 Å². The second-order valence-electron chi connectivity index (χ2n) is 7.54. The molecule has 1 saturated heterocycles. The molecule has 6 nitrogen and oxygen atoms in total. The average molecular weight is 378 g/mol. The van der Waals surface area contributed by atoms with Crippen LogP contribution >= 0.6 is 0 Å². The maximum absolute atomic E-state index is 10.0. The number of aromatic hydroxyl groups is 1. The first-order valence-corrected chi connectivity index (χ1v) is 9.78. The number of aromatic nitrogens is 2. The summed E-state index contributed by atoms with van der Waals surface area (Å²) < 4.78 is 5.47. The summed E-state index contributed by atoms with van der Waals surface area (Å²) in [6, 6.07) is 15.8. The second kappa shape index (κ2) is 8.02. The normalized spacial score (nSPS) is 15.3. The molecule has 0 bridgehead atoms. The SMILES string of the molecule is CC(C)c1ccc(-c2noc(CN3CCN(c4ccccc4O)CC3)n2)cc1. The fraction of sp³-hybridized carbons (Fsp3) is 0.364. The lowest BCUT2D eigenvalue weighted by Gasteiger charge is -2.35. The lowest BCUT2D eigenvalue weighted by Crippen LogP contribution is -2.46.